The molecule has 2 rings (SSSR count). The van der Waals surface area contributed by atoms with Gasteiger partial charge in [0.1, 0.15) is 0 Å². The lowest BCUT2D eigenvalue weighted by molar-refractivity contribution is 0.0600. The van der Waals surface area contributed by atoms with Gasteiger partial charge in [-0.05, 0) is 24.6 Å². The van der Waals surface area contributed by atoms with E-state index in [0.29, 0.717) is 11.4 Å². The highest BCUT2D eigenvalue weighted by molar-refractivity contribution is 5.89. The maximum atomic E-state index is 11.3. The van der Waals surface area contributed by atoms with Crippen molar-refractivity contribution in [3.8, 4) is 5.82 Å². The Labute approximate surface area is 92.7 Å². The van der Waals surface area contributed by atoms with Gasteiger partial charge in [0.2, 0.25) is 0 Å². The molecule has 82 valence electrons. The number of aromatic nitrogens is 3. The summed E-state index contributed by atoms with van der Waals surface area (Å²) in [6, 6.07) is 3.55. The van der Waals surface area contributed by atoms with Gasteiger partial charge >= 0.3 is 5.97 Å². The Morgan fingerprint density at radius 3 is 2.88 bits per heavy atom. The zero-order valence-corrected chi connectivity index (χ0v) is 9.04. The summed E-state index contributed by atoms with van der Waals surface area (Å²) in [6.07, 6.45) is 4.96. The van der Waals surface area contributed by atoms with Gasteiger partial charge in [-0.1, -0.05) is 0 Å². The van der Waals surface area contributed by atoms with Crippen LogP contribution in [0.25, 0.3) is 5.82 Å². The molecule has 0 bridgehead atoms. The molecule has 0 aliphatic rings. The number of esters is 1. The highest BCUT2D eigenvalue weighted by Crippen LogP contribution is 2.12. The first-order valence-corrected chi connectivity index (χ1v) is 4.77. The van der Waals surface area contributed by atoms with Crippen LogP contribution in [0.15, 0.2) is 30.7 Å². The first-order chi connectivity index (χ1) is 7.72. The van der Waals surface area contributed by atoms with Gasteiger partial charge in [0.15, 0.2) is 5.82 Å². The summed E-state index contributed by atoms with van der Waals surface area (Å²) in [6.45, 7) is 1.87. The van der Waals surface area contributed by atoms with E-state index in [1.165, 1.54) is 13.3 Å². The molecule has 5 nitrogen and oxygen atoms in total. The third-order valence-electron chi connectivity index (χ3n) is 2.19. The highest BCUT2D eigenvalue weighted by Gasteiger charge is 2.09. The quantitative estimate of drug-likeness (QED) is 0.713. The van der Waals surface area contributed by atoms with E-state index in [1.54, 1.807) is 23.1 Å². The second-order valence-electron chi connectivity index (χ2n) is 3.31. The minimum Gasteiger partial charge on any atom is -0.465 e. The second kappa shape index (κ2) is 4.14. The highest BCUT2D eigenvalue weighted by atomic mass is 16.5. The van der Waals surface area contributed by atoms with E-state index >= 15 is 0 Å². The summed E-state index contributed by atoms with van der Waals surface area (Å²) in [5, 5.41) is 4.08. The number of pyridine rings is 1. The maximum Gasteiger partial charge on any atom is 0.339 e. The molecule has 0 unspecified atom stereocenters. The minimum atomic E-state index is -0.386. The lowest BCUT2D eigenvalue weighted by Crippen LogP contribution is -2.06. The fourth-order valence-electron chi connectivity index (χ4n) is 1.43. The van der Waals surface area contributed by atoms with Gasteiger partial charge in [0.25, 0.3) is 0 Å². The summed E-state index contributed by atoms with van der Waals surface area (Å²) in [5.41, 5.74) is 1.31. The van der Waals surface area contributed by atoms with Gasteiger partial charge in [0, 0.05) is 18.6 Å². The predicted octanol–water partition coefficient (Wildman–Crippen LogP) is 1.36. The first kappa shape index (κ1) is 10.4. The molecule has 0 spiro atoms. The molecule has 0 N–H and O–H groups in total. The van der Waals surface area contributed by atoms with E-state index in [2.05, 4.69) is 14.8 Å². The number of hydrogen-bond donors (Lipinski definition) is 0. The molecule has 16 heavy (non-hydrogen) atoms. The van der Waals surface area contributed by atoms with E-state index < -0.39 is 0 Å². The third-order valence-corrected chi connectivity index (χ3v) is 2.19. The van der Waals surface area contributed by atoms with Crippen LogP contribution in [0.2, 0.25) is 0 Å². The summed E-state index contributed by atoms with van der Waals surface area (Å²) < 4.78 is 6.27. The molecule has 0 atom stereocenters. The average molecular weight is 217 g/mol. The SMILES string of the molecule is COC(=O)c1cnc(-n2cccn2)c(C)c1. The number of carbonyl (C=O) groups excluding carboxylic acids is 1. The van der Waals surface area contributed by atoms with Gasteiger partial charge in [-0.2, -0.15) is 5.10 Å². The zero-order chi connectivity index (χ0) is 11.5. The van der Waals surface area contributed by atoms with Crippen molar-refractivity contribution in [3.05, 3.63) is 41.9 Å². The van der Waals surface area contributed by atoms with E-state index in [-0.39, 0.29) is 5.97 Å². The van der Waals surface area contributed by atoms with E-state index in [4.69, 9.17) is 0 Å². The Morgan fingerprint density at radius 1 is 1.50 bits per heavy atom. The fourth-order valence-corrected chi connectivity index (χ4v) is 1.43. The molecule has 2 aromatic rings. The van der Waals surface area contributed by atoms with Crippen molar-refractivity contribution in [1.29, 1.82) is 0 Å². The van der Waals surface area contributed by atoms with Crippen LogP contribution in [-0.4, -0.2) is 27.8 Å². The van der Waals surface area contributed by atoms with Crippen molar-refractivity contribution >= 4 is 5.97 Å². The second-order valence-corrected chi connectivity index (χ2v) is 3.31. The van der Waals surface area contributed by atoms with Crippen molar-refractivity contribution in [2.45, 2.75) is 6.92 Å². The van der Waals surface area contributed by atoms with Crippen molar-refractivity contribution < 1.29 is 9.53 Å². The molecule has 0 saturated heterocycles. The molecule has 5 heteroatoms. The molecule has 2 aromatic heterocycles. The number of hydrogen-bond acceptors (Lipinski definition) is 4. The number of aryl methyl sites for hydroxylation is 1. The standard InChI is InChI=1S/C11H11N3O2/c1-8-6-9(11(15)16-2)7-12-10(8)14-5-3-4-13-14/h3-7H,1-2H3. The van der Waals surface area contributed by atoms with E-state index in [0.717, 1.165) is 5.56 Å². The zero-order valence-electron chi connectivity index (χ0n) is 9.04. The largest absolute Gasteiger partial charge is 0.465 e. The average Bonchev–Trinajstić information content (AvgIpc) is 2.81. The Hall–Kier alpha value is -2.17. The predicted molar refractivity (Wildman–Crippen MR) is 57.4 cm³/mol. The van der Waals surface area contributed by atoms with Crippen molar-refractivity contribution in [2.24, 2.45) is 0 Å². The first-order valence-electron chi connectivity index (χ1n) is 4.77. The van der Waals surface area contributed by atoms with Crippen molar-refractivity contribution in [2.75, 3.05) is 7.11 Å². The van der Waals surface area contributed by atoms with Crippen molar-refractivity contribution in [1.82, 2.24) is 14.8 Å². The number of carbonyl (C=O) groups is 1. The molecular formula is C11H11N3O2. The topological polar surface area (TPSA) is 57.0 Å². The Balaban J connectivity index is 2.41. The number of ether oxygens (including phenoxy) is 1. The smallest absolute Gasteiger partial charge is 0.339 e. The summed E-state index contributed by atoms with van der Waals surface area (Å²) in [7, 11) is 1.35. The third kappa shape index (κ3) is 1.79. The summed E-state index contributed by atoms with van der Waals surface area (Å²) >= 11 is 0. The normalized spacial score (nSPS) is 10.1. The molecule has 0 saturated carbocycles. The van der Waals surface area contributed by atoms with Crippen LogP contribution in [0.1, 0.15) is 15.9 Å². The molecule has 0 aliphatic carbocycles. The molecular weight excluding hydrogens is 206 g/mol. The van der Waals surface area contributed by atoms with Crippen LogP contribution in [0.4, 0.5) is 0 Å². The van der Waals surface area contributed by atoms with Crippen molar-refractivity contribution in [3.63, 3.8) is 0 Å². The van der Waals surface area contributed by atoms with Crippen LogP contribution in [0, 0.1) is 6.92 Å². The Kier molecular flexibility index (Phi) is 2.68. The van der Waals surface area contributed by atoms with Gasteiger partial charge in [-0.15, -0.1) is 0 Å². The van der Waals surface area contributed by atoms with Crippen LogP contribution >= 0.6 is 0 Å². The molecule has 2 heterocycles. The van der Waals surface area contributed by atoms with Gasteiger partial charge in [-0.25, -0.2) is 14.5 Å². The monoisotopic (exact) mass is 217 g/mol. The maximum absolute atomic E-state index is 11.3. The lowest BCUT2D eigenvalue weighted by Gasteiger charge is -2.06. The van der Waals surface area contributed by atoms with Crippen LogP contribution in [0.5, 0.6) is 0 Å². The van der Waals surface area contributed by atoms with Crippen LogP contribution in [0.3, 0.4) is 0 Å². The van der Waals surface area contributed by atoms with Gasteiger partial charge in [0.05, 0.1) is 12.7 Å². The number of methoxy groups -OCH3 is 1. The Bertz CT molecular complexity index is 506. The molecule has 0 aromatic carbocycles. The lowest BCUT2D eigenvalue weighted by atomic mass is 10.2. The number of nitrogens with zero attached hydrogens (tertiary/aromatic N) is 3. The van der Waals surface area contributed by atoms with E-state index in [1.807, 2.05) is 13.0 Å². The summed E-state index contributed by atoms with van der Waals surface area (Å²) in [5.74, 6) is 0.320. The van der Waals surface area contributed by atoms with Crippen LogP contribution in [-0.2, 0) is 4.74 Å². The summed E-state index contributed by atoms with van der Waals surface area (Å²) in [4.78, 5) is 15.5. The van der Waals surface area contributed by atoms with Gasteiger partial charge < -0.3 is 4.74 Å². The molecule has 0 amide bonds. The van der Waals surface area contributed by atoms with E-state index in [9.17, 15) is 4.79 Å². The Morgan fingerprint density at radius 2 is 2.31 bits per heavy atom. The minimum absolute atomic E-state index is 0.386. The van der Waals surface area contributed by atoms with Crippen LogP contribution < -0.4 is 0 Å². The molecule has 0 fully saturated rings. The number of rotatable bonds is 2. The fraction of sp³-hybridized carbons (Fsp3) is 0.182. The molecule has 0 aliphatic heterocycles. The van der Waals surface area contributed by atoms with Gasteiger partial charge in [-0.3, -0.25) is 0 Å². The molecule has 0 radical (unpaired) electrons.